The van der Waals surface area contributed by atoms with Crippen LogP contribution in [0.25, 0.3) is 22.5 Å². The summed E-state index contributed by atoms with van der Waals surface area (Å²) in [4.78, 5) is 21.0. The number of methoxy groups -OCH3 is 1. The quantitative estimate of drug-likeness (QED) is 0.157. The molecule has 2 heterocycles. The number of esters is 1. The first-order valence-corrected chi connectivity index (χ1v) is 16.6. The first-order valence-electron chi connectivity index (χ1n) is 12.9. The highest BCUT2D eigenvalue weighted by Crippen LogP contribution is 2.28. The number of benzene rings is 1. The van der Waals surface area contributed by atoms with Crippen LogP contribution in [0.15, 0.2) is 36.4 Å². The molecule has 0 unspecified atom stereocenters. The Morgan fingerprint density at radius 1 is 1.00 bits per heavy atom. The van der Waals surface area contributed by atoms with Crippen molar-refractivity contribution in [3.05, 3.63) is 42.1 Å². The first kappa shape index (κ1) is 29.3. The normalized spacial score (nSPS) is 11.9. The van der Waals surface area contributed by atoms with Gasteiger partial charge in [0.25, 0.3) is 0 Å². The van der Waals surface area contributed by atoms with Gasteiger partial charge >= 0.3 is 12.0 Å². The minimum absolute atomic E-state index is 0.174. The van der Waals surface area contributed by atoms with Gasteiger partial charge < -0.3 is 18.9 Å². The summed E-state index contributed by atoms with van der Waals surface area (Å²) in [6, 6.07) is 13.3. The summed E-state index contributed by atoms with van der Waals surface area (Å²) in [5.41, 5.74) is 2.94. The molecule has 0 radical (unpaired) electrons. The summed E-state index contributed by atoms with van der Waals surface area (Å²) in [5, 5.41) is 4.63. The molecule has 3 aromatic rings. The molecule has 0 fully saturated rings. The number of rotatable bonds is 13. The number of aromatic nitrogens is 4. The van der Waals surface area contributed by atoms with Crippen LogP contribution in [0.1, 0.15) is 26.5 Å². The molecular weight excluding hydrogens is 500 g/mol. The van der Waals surface area contributed by atoms with Crippen molar-refractivity contribution in [3.8, 4) is 34.4 Å². The van der Waals surface area contributed by atoms with E-state index in [9.17, 15) is 4.79 Å². The van der Waals surface area contributed by atoms with Crippen LogP contribution in [-0.4, -0.2) is 60.7 Å². The molecule has 0 atom stereocenters. The lowest BCUT2D eigenvalue weighted by atomic mass is 9.95. The lowest BCUT2D eigenvalue weighted by molar-refractivity contribution is -0.152. The van der Waals surface area contributed by atoms with Crippen molar-refractivity contribution < 1.29 is 23.7 Å². The van der Waals surface area contributed by atoms with Crippen LogP contribution >= 0.6 is 0 Å². The zero-order valence-electron chi connectivity index (χ0n) is 23.8. The van der Waals surface area contributed by atoms with E-state index in [1.54, 1.807) is 18.5 Å². The Bertz CT molecular complexity index is 1220. The van der Waals surface area contributed by atoms with E-state index < -0.39 is 13.5 Å². The Morgan fingerprint density at radius 2 is 1.68 bits per heavy atom. The molecule has 9 nitrogen and oxygen atoms in total. The molecular formula is C28H40N4O5Si. The Labute approximate surface area is 226 Å². The molecule has 0 aliphatic rings. The standard InChI is InChI=1S/C28H40N4O5Si/c1-9-36-27-30-25(31-32(27)19-35-16-17-38(6,7)8)22-12-10-21(11-13-22)23-14-15-24(29-20(23)2)37-18-28(3,4)26(33)34-5/h10-15H,9,16-19H2,1-8H3. The molecule has 0 bridgehead atoms. The number of aryl methyl sites for hydroxylation is 1. The van der Waals surface area contributed by atoms with Crippen LogP contribution in [0.4, 0.5) is 0 Å². The van der Waals surface area contributed by atoms with Crippen LogP contribution in [0, 0.1) is 12.3 Å². The summed E-state index contributed by atoms with van der Waals surface area (Å²) in [7, 11) is 0.212. The second kappa shape index (κ2) is 12.5. The van der Waals surface area contributed by atoms with Crippen LogP contribution in [0.3, 0.4) is 0 Å². The zero-order chi connectivity index (χ0) is 27.9. The summed E-state index contributed by atoms with van der Waals surface area (Å²) in [6.45, 7) is 16.1. The van der Waals surface area contributed by atoms with E-state index >= 15 is 0 Å². The molecule has 38 heavy (non-hydrogen) atoms. The maximum atomic E-state index is 11.9. The van der Waals surface area contributed by atoms with Gasteiger partial charge in [-0.15, -0.1) is 5.10 Å². The molecule has 206 valence electrons. The molecule has 0 N–H and O–H groups in total. The van der Waals surface area contributed by atoms with E-state index in [2.05, 4.69) is 34.7 Å². The Balaban J connectivity index is 1.70. The van der Waals surface area contributed by atoms with Gasteiger partial charge in [0.1, 0.15) is 13.3 Å². The third kappa shape index (κ3) is 7.88. The van der Waals surface area contributed by atoms with Crippen LogP contribution in [0.5, 0.6) is 11.9 Å². The average Bonchev–Trinajstić information content (AvgIpc) is 3.27. The van der Waals surface area contributed by atoms with Crippen molar-refractivity contribution in [3.63, 3.8) is 0 Å². The van der Waals surface area contributed by atoms with E-state index in [0.717, 1.165) is 28.4 Å². The van der Waals surface area contributed by atoms with Gasteiger partial charge in [0, 0.05) is 37.6 Å². The van der Waals surface area contributed by atoms with E-state index in [1.165, 1.54) is 7.11 Å². The summed E-state index contributed by atoms with van der Waals surface area (Å²) in [6.07, 6.45) is 0. The van der Waals surface area contributed by atoms with Crippen molar-refractivity contribution in [1.29, 1.82) is 0 Å². The molecule has 3 rings (SSSR count). The number of nitrogens with zero attached hydrogens (tertiary/aromatic N) is 4. The summed E-state index contributed by atoms with van der Waals surface area (Å²) >= 11 is 0. The van der Waals surface area contributed by atoms with Crippen LogP contribution < -0.4 is 9.47 Å². The Hall–Kier alpha value is -3.24. The molecule has 0 aliphatic carbocycles. The molecule has 0 saturated carbocycles. The SMILES string of the molecule is CCOc1nc(-c2ccc(-c3ccc(OCC(C)(C)C(=O)OC)nc3C)cc2)nn1COCC[Si](C)(C)C. The molecule has 0 amide bonds. The Morgan fingerprint density at radius 3 is 2.29 bits per heavy atom. The van der Waals surface area contributed by atoms with E-state index in [4.69, 9.17) is 18.9 Å². The van der Waals surface area contributed by atoms with Crippen molar-refractivity contribution in [1.82, 2.24) is 19.7 Å². The highest BCUT2D eigenvalue weighted by molar-refractivity contribution is 6.76. The van der Waals surface area contributed by atoms with Gasteiger partial charge in [0.05, 0.1) is 19.1 Å². The second-order valence-corrected chi connectivity index (χ2v) is 16.6. The number of hydrogen-bond donors (Lipinski definition) is 0. The Kier molecular flexibility index (Phi) is 9.67. The lowest BCUT2D eigenvalue weighted by Gasteiger charge is -2.21. The van der Waals surface area contributed by atoms with Crippen LogP contribution in [0.2, 0.25) is 25.7 Å². The van der Waals surface area contributed by atoms with Gasteiger partial charge in [-0.2, -0.15) is 9.67 Å². The van der Waals surface area contributed by atoms with Gasteiger partial charge in [-0.05, 0) is 45.4 Å². The fourth-order valence-corrected chi connectivity index (χ4v) is 4.37. The number of ether oxygens (including phenoxy) is 4. The molecule has 2 aromatic heterocycles. The highest BCUT2D eigenvalue weighted by atomic mass is 28.3. The van der Waals surface area contributed by atoms with Crippen molar-refractivity contribution in [2.24, 2.45) is 5.41 Å². The van der Waals surface area contributed by atoms with Crippen molar-refractivity contribution in [2.75, 3.05) is 26.9 Å². The smallest absolute Gasteiger partial charge is 0.317 e. The fraction of sp³-hybridized carbons (Fsp3) is 0.500. The third-order valence-electron chi connectivity index (χ3n) is 5.95. The van der Waals surface area contributed by atoms with Gasteiger partial charge in [0.15, 0.2) is 5.82 Å². The molecule has 0 aliphatic heterocycles. The maximum Gasteiger partial charge on any atom is 0.317 e. The largest absolute Gasteiger partial charge is 0.476 e. The van der Waals surface area contributed by atoms with E-state index in [-0.39, 0.29) is 12.6 Å². The number of carbonyl (C=O) groups excluding carboxylic acids is 1. The van der Waals surface area contributed by atoms with Gasteiger partial charge in [-0.3, -0.25) is 4.79 Å². The predicted molar refractivity (Wildman–Crippen MR) is 150 cm³/mol. The number of hydrogen-bond acceptors (Lipinski definition) is 8. The fourth-order valence-electron chi connectivity index (χ4n) is 3.61. The highest BCUT2D eigenvalue weighted by Gasteiger charge is 2.30. The summed E-state index contributed by atoms with van der Waals surface area (Å²) in [5.74, 6) is 0.721. The topological polar surface area (TPSA) is 97.6 Å². The lowest BCUT2D eigenvalue weighted by Crippen LogP contribution is -2.32. The second-order valence-electron chi connectivity index (χ2n) is 11.0. The monoisotopic (exact) mass is 540 g/mol. The molecule has 0 saturated heterocycles. The maximum absolute atomic E-state index is 11.9. The average molecular weight is 541 g/mol. The minimum atomic E-state index is -1.16. The third-order valence-corrected chi connectivity index (χ3v) is 7.66. The van der Waals surface area contributed by atoms with Crippen molar-refractivity contribution in [2.45, 2.75) is 60.1 Å². The summed E-state index contributed by atoms with van der Waals surface area (Å²) < 4.78 is 23.8. The number of pyridine rings is 1. The van der Waals surface area contributed by atoms with Crippen molar-refractivity contribution >= 4 is 14.0 Å². The predicted octanol–water partition coefficient (Wildman–Crippen LogP) is 5.60. The van der Waals surface area contributed by atoms with Crippen LogP contribution in [-0.2, 0) is 21.0 Å². The van der Waals surface area contributed by atoms with E-state index in [0.29, 0.717) is 37.7 Å². The van der Waals surface area contributed by atoms with Gasteiger partial charge in [0.2, 0.25) is 5.88 Å². The first-order chi connectivity index (χ1) is 17.9. The zero-order valence-corrected chi connectivity index (χ0v) is 24.8. The molecule has 0 spiro atoms. The van der Waals surface area contributed by atoms with Gasteiger partial charge in [-0.25, -0.2) is 4.98 Å². The number of carbonyl (C=O) groups is 1. The minimum Gasteiger partial charge on any atom is -0.476 e. The van der Waals surface area contributed by atoms with Gasteiger partial charge in [-0.1, -0.05) is 43.9 Å². The van der Waals surface area contributed by atoms with E-state index in [1.807, 2.05) is 50.2 Å². The molecule has 1 aromatic carbocycles. The molecule has 10 heteroatoms.